The molecule has 1 radical (unpaired) electrons. The molecule has 0 saturated heterocycles. The zero-order valence-electron chi connectivity index (χ0n) is 4.46. The van der Waals surface area contributed by atoms with Crippen molar-refractivity contribution < 1.29 is 49.0 Å². The van der Waals surface area contributed by atoms with E-state index in [0.717, 1.165) is 0 Å². The quantitative estimate of drug-likeness (QED) is 0.300. The summed E-state index contributed by atoms with van der Waals surface area (Å²) >= 11 is 0. The zero-order valence-corrected chi connectivity index (χ0v) is 10.4. The first-order valence-corrected chi connectivity index (χ1v) is 0.913. The molecule has 0 aliphatic carbocycles. The fraction of sp³-hybridized carbons (Fsp3) is 0. The van der Waals surface area contributed by atoms with Crippen LogP contribution >= 0.6 is 37.2 Å². The van der Waals surface area contributed by atoms with Gasteiger partial charge in [-0.2, -0.15) is 0 Å². The normalized spacial score (nSPS) is 3.64. The maximum absolute atomic E-state index is 8.89. The van der Waals surface area contributed by atoms with E-state index in [1.54, 1.807) is 0 Å². The summed E-state index contributed by atoms with van der Waals surface area (Å²) in [6, 6.07) is 0. The van der Waals surface area contributed by atoms with Crippen molar-refractivity contribution in [2.24, 2.45) is 5.34 Å². The van der Waals surface area contributed by atoms with Crippen molar-refractivity contribution in [1.29, 1.82) is 0 Å². The molecule has 0 aromatic carbocycles. The third-order valence-corrected chi connectivity index (χ3v) is 0.100. The molecule has 0 aromatic rings. The predicted molar refractivity (Wildman–Crippen MR) is 35.6 cm³/mol. The molecule has 0 amide bonds. The summed E-state index contributed by atoms with van der Waals surface area (Å²) in [5.74, 6) is 0. The van der Waals surface area contributed by atoms with E-state index in [4.69, 9.17) is 15.0 Å². The van der Waals surface area contributed by atoms with Gasteiger partial charge in [0.1, 0.15) is 0 Å². The number of nitrogens with zero attached hydrogens (tertiary/aromatic N) is 2. The maximum Gasteiger partial charge on any atom is 3.00 e. The molecule has 11 heteroatoms. The van der Waals surface area contributed by atoms with E-state index in [1.807, 2.05) is 0 Å². The third kappa shape index (κ3) is 56.6. The Balaban J connectivity index is -0.0000000125. The summed E-state index contributed by atoms with van der Waals surface area (Å²) in [5, 5.41) is 9.08. The van der Waals surface area contributed by atoms with E-state index < -0.39 is 5.09 Å². The van der Waals surface area contributed by atoms with Crippen LogP contribution in [0.2, 0.25) is 0 Å². The van der Waals surface area contributed by atoms with Gasteiger partial charge in [-0.1, -0.05) is 0 Å². The van der Waals surface area contributed by atoms with Crippen molar-refractivity contribution >= 4 is 37.2 Å². The Morgan fingerprint density at radius 2 is 1.55 bits per heavy atom. The summed E-state index contributed by atoms with van der Waals surface area (Å²) < 4.78 is 0. The van der Waals surface area contributed by atoms with Gasteiger partial charge in [-0.15, -0.1) is 42.2 Å². The summed E-state index contributed by atoms with van der Waals surface area (Å²) in [6.07, 6.45) is 0. The molecule has 11 heavy (non-hydrogen) atoms. The van der Waals surface area contributed by atoms with Crippen LogP contribution in [-0.2, 0) is 43.9 Å². The van der Waals surface area contributed by atoms with Gasteiger partial charge in [0.15, 0.2) is 5.09 Å². The average Bonchev–Trinajstić information content (AvgIpc) is 1.35. The SMILES string of the molecule is Cl.Cl.Cl.O=NO[N+](=O)[O-].[Ru+3].[Ru]. The molecule has 0 spiro atoms. The van der Waals surface area contributed by atoms with Crippen LogP contribution in [-0.4, -0.2) is 5.09 Å². The average molecular weight is 404 g/mol. The molecule has 0 rings (SSSR count). The van der Waals surface area contributed by atoms with E-state index in [1.165, 1.54) is 5.34 Å². The van der Waals surface area contributed by atoms with Crippen molar-refractivity contribution in [3.8, 4) is 0 Å². The first kappa shape index (κ1) is 40.6. The molecule has 0 aliphatic rings. The van der Waals surface area contributed by atoms with Crippen LogP contribution in [0.5, 0.6) is 0 Å². The van der Waals surface area contributed by atoms with E-state index in [9.17, 15) is 0 Å². The number of hydrogen-bond donors (Lipinski definition) is 0. The van der Waals surface area contributed by atoms with Crippen molar-refractivity contribution in [2.75, 3.05) is 0 Å². The van der Waals surface area contributed by atoms with Gasteiger partial charge in [0.2, 0.25) is 0 Å². The molecular weight excluding hydrogens is 401 g/mol. The summed E-state index contributed by atoms with van der Waals surface area (Å²) in [6.45, 7) is 0. The second-order valence-electron chi connectivity index (χ2n) is 0.380. The molecular formula is H3Cl3N2O4Ru2+3. The minimum absolute atomic E-state index is 0. The maximum atomic E-state index is 8.89. The van der Waals surface area contributed by atoms with Crippen LogP contribution in [0.15, 0.2) is 5.34 Å². The van der Waals surface area contributed by atoms with Crippen molar-refractivity contribution in [3.05, 3.63) is 15.0 Å². The van der Waals surface area contributed by atoms with Crippen LogP contribution in [0.3, 0.4) is 0 Å². The first-order valence-electron chi connectivity index (χ1n) is 0.913. The summed E-state index contributed by atoms with van der Waals surface area (Å²) in [5.41, 5.74) is 0. The fourth-order valence-corrected chi connectivity index (χ4v) is 0.0272. The minimum Gasteiger partial charge on any atom is -0.218 e. The van der Waals surface area contributed by atoms with Crippen molar-refractivity contribution in [2.45, 2.75) is 0 Å². The Labute approximate surface area is 106 Å². The van der Waals surface area contributed by atoms with Gasteiger partial charge in [0, 0.05) is 24.4 Å². The smallest absolute Gasteiger partial charge is 0.218 e. The summed E-state index contributed by atoms with van der Waals surface area (Å²) in [4.78, 5) is 20.4. The predicted octanol–water partition coefficient (Wildman–Crippen LogP) is 1.14. The Hall–Kier alpha value is 0.917. The Morgan fingerprint density at radius 3 is 1.55 bits per heavy atom. The standard InChI is InChI=1S/3ClH.N2O4.2Ru/c;;;3-1-6-2(4)5;;/h3*1H;;;/q;;;;;+3. The minimum atomic E-state index is -1.30. The van der Waals surface area contributed by atoms with Gasteiger partial charge in [0.25, 0.3) is 0 Å². The summed E-state index contributed by atoms with van der Waals surface area (Å²) in [7, 11) is 0. The van der Waals surface area contributed by atoms with Crippen LogP contribution in [0.25, 0.3) is 0 Å². The molecule has 0 saturated carbocycles. The molecule has 0 aromatic heterocycles. The van der Waals surface area contributed by atoms with Gasteiger partial charge >= 0.3 is 24.8 Å². The molecule has 0 N–H and O–H groups in total. The van der Waals surface area contributed by atoms with Gasteiger partial charge in [-0.3, -0.25) is 0 Å². The van der Waals surface area contributed by atoms with Gasteiger partial charge < -0.3 is 0 Å². The largest absolute Gasteiger partial charge is 3.00 e. The van der Waals surface area contributed by atoms with Gasteiger partial charge in [0.05, 0.1) is 0 Å². The van der Waals surface area contributed by atoms with Crippen molar-refractivity contribution in [1.82, 2.24) is 0 Å². The van der Waals surface area contributed by atoms with Crippen LogP contribution in [0, 0.1) is 15.0 Å². The second kappa shape index (κ2) is 30.7. The molecule has 0 atom stereocenters. The first-order chi connectivity index (χ1) is 2.77. The Bertz CT molecular complexity index is 81.7. The molecule has 0 unspecified atom stereocenters. The molecule has 6 nitrogen and oxygen atoms in total. The number of halogens is 3. The zero-order chi connectivity index (χ0) is 4.99. The topological polar surface area (TPSA) is 81.8 Å². The van der Waals surface area contributed by atoms with Crippen LogP contribution in [0.4, 0.5) is 0 Å². The molecule has 0 fully saturated rings. The van der Waals surface area contributed by atoms with E-state index in [-0.39, 0.29) is 76.2 Å². The Morgan fingerprint density at radius 1 is 1.27 bits per heavy atom. The van der Waals surface area contributed by atoms with Crippen LogP contribution < -0.4 is 0 Å². The second-order valence-corrected chi connectivity index (χ2v) is 0.380. The molecule has 0 heterocycles. The Kier molecular flexibility index (Phi) is 113. The monoisotopic (exact) mass is 404 g/mol. The molecule has 0 aliphatic heterocycles. The fourth-order valence-electron chi connectivity index (χ4n) is 0.0272. The van der Waals surface area contributed by atoms with E-state index in [2.05, 4.69) is 4.94 Å². The van der Waals surface area contributed by atoms with Crippen LogP contribution in [0.1, 0.15) is 0 Å². The molecule has 71 valence electrons. The third-order valence-electron chi connectivity index (χ3n) is 0.100. The van der Waals surface area contributed by atoms with E-state index >= 15 is 0 Å². The van der Waals surface area contributed by atoms with Gasteiger partial charge in [-0.25, -0.2) is 10.1 Å². The van der Waals surface area contributed by atoms with Gasteiger partial charge in [-0.05, 0) is 0 Å². The number of rotatable bonds is 2. The number of hydrogen-bond acceptors (Lipinski definition) is 5. The van der Waals surface area contributed by atoms with E-state index in [0.29, 0.717) is 0 Å². The van der Waals surface area contributed by atoms with Crippen molar-refractivity contribution in [3.63, 3.8) is 0 Å². The molecule has 0 bridgehead atoms.